The van der Waals surface area contributed by atoms with Crippen LogP contribution in [-0.4, -0.2) is 88.3 Å². The minimum atomic E-state index is -0.710. The quantitative estimate of drug-likeness (QED) is 0.635. The highest BCUT2D eigenvalue weighted by molar-refractivity contribution is 5.96. The van der Waals surface area contributed by atoms with Crippen LogP contribution in [0.1, 0.15) is 56.8 Å². The summed E-state index contributed by atoms with van der Waals surface area (Å²) in [5.41, 5.74) is 0.254. The van der Waals surface area contributed by atoms with Gasteiger partial charge in [-0.15, -0.1) is 0 Å². The van der Waals surface area contributed by atoms with Crippen molar-refractivity contribution in [1.82, 2.24) is 30.2 Å². The first kappa shape index (κ1) is 23.9. The Morgan fingerprint density at radius 1 is 1.18 bits per heavy atom. The molecule has 0 aromatic carbocycles. The summed E-state index contributed by atoms with van der Waals surface area (Å²) in [6, 6.07) is 1.50. The lowest BCUT2D eigenvalue weighted by Gasteiger charge is -2.38. The molecular weight excluding hydrogens is 440 g/mol. The minimum Gasteiger partial charge on any atom is -0.461 e. The SMILES string of the molecule is CCOC(=O)c1ccnc(C2(NC(=O)C3=C4CN(C(=O)OC(C)(C)C)CCN4N(C)C3)CC2)n1. The fraction of sp³-hybridized carbons (Fsp3) is 0.609. The zero-order chi connectivity index (χ0) is 24.7. The highest BCUT2D eigenvalue weighted by atomic mass is 16.6. The van der Waals surface area contributed by atoms with Gasteiger partial charge in [0.2, 0.25) is 0 Å². The summed E-state index contributed by atoms with van der Waals surface area (Å²) in [5.74, 6) is -0.340. The number of piperazine rings is 1. The highest BCUT2D eigenvalue weighted by Crippen LogP contribution is 2.44. The van der Waals surface area contributed by atoms with Gasteiger partial charge in [0.1, 0.15) is 11.1 Å². The average molecular weight is 473 g/mol. The van der Waals surface area contributed by atoms with Gasteiger partial charge < -0.3 is 24.7 Å². The van der Waals surface area contributed by atoms with Gasteiger partial charge in [-0.3, -0.25) is 4.79 Å². The number of carbonyl (C=O) groups excluding carboxylic acids is 3. The highest BCUT2D eigenvalue weighted by Gasteiger charge is 2.50. The van der Waals surface area contributed by atoms with E-state index in [2.05, 4.69) is 15.3 Å². The van der Waals surface area contributed by atoms with E-state index in [1.165, 1.54) is 12.3 Å². The monoisotopic (exact) mass is 472 g/mol. The van der Waals surface area contributed by atoms with Gasteiger partial charge in [0.25, 0.3) is 5.91 Å². The molecule has 2 fully saturated rings. The topological polar surface area (TPSA) is 117 Å². The molecule has 0 radical (unpaired) electrons. The fourth-order valence-corrected chi connectivity index (χ4v) is 4.14. The van der Waals surface area contributed by atoms with Crippen LogP contribution in [0.15, 0.2) is 23.5 Å². The average Bonchev–Trinajstić information content (AvgIpc) is 3.48. The number of nitrogens with zero attached hydrogens (tertiary/aromatic N) is 5. The molecule has 1 saturated heterocycles. The van der Waals surface area contributed by atoms with Crippen LogP contribution in [-0.2, 0) is 19.8 Å². The predicted octanol–water partition coefficient (Wildman–Crippen LogP) is 1.43. The van der Waals surface area contributed by atoms with Crippen molar-refractivity contribution in [3.8, 4) is 0 Å². The molecule has 11 nitrogen and oxygen atoms in total. The molecule has 1 N–H and O–H groups in total. The summed E-state index contributed by atoms with van der Waals surface area (Å²) in [6.45, 7) is 9.29. The summed E-state index contributed by atoms with van der Waals surface area (Å²) in [6.07, 6.45) is 2.47. The number of ether oxygens (including phenoxy) is 2. The summed E-state index contributed by atoms with van der Waals surface area (Å²) in [4.78, 5) is 48.4. The number of hydrazine groups is 1. The standard InChI is InChI=1S/C23H32N6O5/c1-6-33-19(31)16-7-10-24-20(25-16)23(8-9-23)26-18(30)15-13-27(5)29-12-11-28(14-17(15)29)21(32)34-22(2,3)4/h7,10H,6,8-9,11-14H2,1-5H3,(H,26,30). The van der Waals surface area contributed by atoms with Crippen LogP contribution < -0.4 is 5.32 Å². The molecule has 0 bridgehead atoms. The number of likely N-dealkylation sites (N-methyl/N-ethyl adjacent to an activating group) is 1. The molecule has 2 amide bonds. The first-order valence-corrected chi connectivity index (χ1v) is 11.5. The number of hydrogen-bond acceptors (Lipinski definition) is 9. The maximum Gasteiger partial charge on any atom is 0.410 e. The van der Waals surface area contributed by atoms with Crippen LogP contribution in [0.25, 0.3) is 0 Å². The number of esters is 1. The summed E-state index contributed by atoms with van der Waals surface area (Å²) < 4.78 is 10.6. The van der Waals surface area contributed by atoms with Crippen LogP contribution in [0.5, 0.6) is 0 Å². The molecule has 1 aromatic rings. The van der Waals surface area contributed by atoms with Crippen LogP contribution in [0.4, 0.5) is 4.79 Å². The molecule has 3 aliphatic rings. The van der Waals surface area contributed by atoms with Gasteiger partial charge in [0, 0.05) is 19.8 Å². The molecule has 0 unspecified atom stereocenters. The Labute approximate surface area is 199 Å². The van der Waals surface area contributed by atoms with Gasteiger partial charge in [-0.2, -0.15) is 0 Å². The van der Waals surface area contributed by atoms with Crippen molar-refractivity contribution < 1.29 is 23.9 Å². The predicted molar refractivity (Wildman–Crippen MR) is 121 cm³/mol. The molecule has 1 aromatic heterocycles. The van der Waals surface area contributed by atoms with Crippen molar-refractivity contribution in [2.24, 2.45) is 0 Å². The molecule has 1 aliphatic carbocycles. The maximum absolute atomic E-state index is 13.4. The smallest absolute Gasteiger partial charge is 0.410 e. The van der Waals surface area contributed by atoms with E-state index in [4.69, 9.17) is 9.47 Å². The number of carbonyl (C=O) groups is 3. The van der Waals surface area contributed by atoms with Crippen LogP contribution in [0.2, 0.25) is 0 Å². The third kappa shape index (κ3) is 4.84. The summed E-state index contributed by atoms with van der Waals surface area (Å²) in [5, 5.41) is 7.11. The minimum absolute atomic E-state index is 0.168. The van der Waals surface area contributed by atoms with Crippen LogP contribution >= 0.6 is 0 Å². The first-order valence-electron chi connectivity index (χ1n) is 11.5. The molecule has 1 saturated carbocycles. The fourth-order valence-electron chi connectivity index (χ4n) is 4.14. The van der Waals surface area contributed by atoms with Crippen molar-refractivity contribution in [2.75, 3.05) is 39.8 Å². The van der Waals surface area contributed by atoms with Gasteiger partial charge in [-0.25, -0.2) is 24.6 Å². The summed E-state index contributed by atoms with van der Waals surface area (Å²) in [7, 11) is 1.92. The van der Waals surface area contributed by atoms with Crippen molar-refractivity contribution in [3.05, 3.63) is 35.1 Å². The number of amides is 2. The molecule has 4 rings (SSSR count). The van der Waals surface area contributed by atoms with Gasteiger partial charge in [-0.05, 0) is 46.6 Å². The van der Waals surface area contributed by atoms with Gasteiger partial charge >= 0.3 is 12.1 Å². The molecule has 11 heteroatoms. The number of fused-ring (bicyclic) bond motifs is 1. The second kappa shape index (κ2) is 8.86. The normalized spacial score (nSPS) is 19.6. The van der Waals surface area contributed by atoms with E-state index in [1.807, 2.05) is 37.8 Å². The summed E-state index contributed by atoms with van der Waals surface area (Å²) >= 11 is 0. The van der Waals surface area contributed by atoms with Gasteiger partial charge in [0.15, 0.2) is 11.5 Å². The van der Waals surface area contributed by atoms with Crippen LogP contribution in [0.3, 0.4) is 0 Å². The largest absolute Gasteiger partial charge is 0.461 e. The van der Waals surface area contributed by atoms with E-state index in [9.17, 15) is 14.4 Å². The molecule has 3 heterocycles. The lowest BCUT2D eigenvalue weighted by Crippen LogP contribution is -2.50. The third-order valence-corrected chi connectivity index (χ3v) is 5.98. The Hall–Kier alpha value is -3.21. The molecular formula is C23H32N6O5. The Balaban J connectivity index is 1.52. The lowest BCUT2D eigenvalue weighted by molar-refractivity contribution is -0.118. The van der Waals surface area contributed by atoms with E-state index < -0.39 is 23.2 Å². The third-order valence-electron chi connectivity index (χ3n) is 5.98. The number of nitrogens with one attached hydrogen (secondary N) is 1. The van der Waals surface area contributed by atoms with E-state index in [0.29, 0.717) is 50.4 Å². The van der Waals surface area contributed by atoms with Gasteiger partial charge in [0.05, 0.1) is 37.5 Å². The Morgan fingerprint density at radius 3 is 2.56 bits per heavy atom. The van der Waals surface area contributed by atoms with E-state index in [-0.39, 0.29) is 18.2 Å². The Morgan fingerprint density at radius 2 is 1.91 bits per heavy atom. The number of rotatable bonds is 5. The number of aromatic nitrogens is 2. The second-order valence-electron chi connectivity index (χ2n) is 9.79. The Kier molecular flexibility index (Phi) is 6.24. The Bertz CT molecular complexity index is 1030. The van der Waals surface area contributed by atoms with Crippen molar-refractivity contribution >= 4 is 18.0 Å². The van der Waals surface area contributed by atoms with Crippen molar-refractivity contribution in [3.63, 3.8) is 0 Å². The van der Waals surface area contributed by atoms with Crippen LogP contribution in [0, 0.1) is 0 Å². The molecule has 0 spiro atoms. The van der Waals surface area contributed by atoms with Crippen molar-refractivity contribution in [1.29, 1.82) is 0 Å². The zero-order valence-electron chi connectivity index (χ0n) is 20.4. The zero-order valence-corrected chi connectivity index (χ0v) is 20.4. The number of hydrogen-bond donors (Lipinski definition) is 1. The molecule has 184 valence electrons. The van der Waals surface area contributed by atoms with E-state index in [1.54, 1.807) is 11.8 Å². The molecule has 0 atom stereocenters. The lowest BCUT2D eigenvalue weighted by atomic mass is 10.1. The van der Waals surface area contributed by atoms with Crippen molar-refractivity contribution in [2.45, 2.75) is 51.7 Å². The maximum atomic E-state index is 13.4. The first-order chi connectivity index (χ1) is 16.0. The van der Waals surface area contributed by atoms with Gasteiger partial charge in [-0.1, -0.05) is 0 Å². The van der Waals surface area contributed by atoms with E-state index >= 15 is 0 Å². The van der Waals surface area contributed by atoms with E-state index in [0.717, 1.165) is 5.70 Å². The second-order valence-corrected chi connectivity index (χ2v) is 9.79. The molecule has 34 heavy (non-hydrogen) atoms. The molecule has 2 aliphatic heterocycles.